The fourth-order valence-electron chi connectivity index (χ4n) is 10.9. The molecular weight excluding hydrogens is 1220 g/mol. The van der Waals surface area contributed by atoms with E-state index in [1.807, 2.05) is 76.2 Å². The summed E-state index contributed by atoms with van der Waals surface area (Å²) in [6.07, 6.45) is 14.6. The zero-order valence-electron chi connectivity index (χ0n) is 63.7. The van der Waals surface area contributed by atoms with E-state index in [0.717, 1.165) is 133 Å². The molecule has 0 saturated heterocycles. The molecule has 99 heavy (non-hydrogen) atoms. The Balaban J connectivity index is 0.000000239. The zero-order valence-corrected chi connectivity index (χ0v) is 63.7. The molecule has 8 rings (SSSR count). The number of unbranched alkanes of at least 4 members (excludes halogenated alkanes) is 3. The van der Waals surface area contributed by atoms with E-state index in [1.165, 1.54) is 61.2 Å². The molecular formula is C91H126O8. The summed E-state index contributed by atoms with van der Waals surface area (Å²) in [4.78, 5) is 0. The Morgan fingerprint density at radius 2 is 0.535 bits per heavy atom. The van der Waals surface area contributed by atoms with Gasteiger partial charge in [0, 0.05) is 0 Å². The molecule has 0 bridgehead atoms. The lowest BCUT2D eigenvalue weighted by Crippen LogP contribution is -2.17. The molecule has 8 nitrogen and oxygen atoms in total. The second-order valence-corrected chi connectivity index (χ2v) is 27.1. The van der Waals surface area contributed by atoms with Crippen LogP contribution in [-0.4, -0.2) is 45.0 Å². The topological polar surface area (TPSA) is 73.8 Å². The van der Waals surface area contributed by atoms with Gasteiger partial charge in [-0.3, -0.25) is 0 Å². The first kappa shape index (κ1) is 82.5. The van der Waals surface area contributed by atoms with Crippen LogP contribution in [0.15, 0.2) is 200 Å². The van der Waals surface area contributed by atoms with Crippen LogP contribution in [0.5, 0.6) is 23.0 Å². The van der Waals surface area contributed by atoms with Crippen LogP contribution in [0.3, 0.4) is 0 Å². The Morgan fingerprint density at radius 3 is 0.838 bits per heavy atom. The van der Waals surface area contributed by atoms with Gasteiger partial charge in [-0.15, -0.1) is 0 Å². The third-order valence-electron chi connectivity index (χ3n) is 18.6. The first-order chi connectivity index (χ1) is 47.9. The molecule has 0 amide bonds. The van der Waals surface area contributed by atoms with Crippen molar-refractivity contribution in [2.45, 2.75) is 262 Å². The zero-order chi connectivity index (χ0) is 71.6. The van der Waals surface area contributed by atoms with Crippen molar-refractivity contribution in [2.75, 3.05) is 19.8 Å². The highest BCUT2D eigenvalue weighted by molar-refractivity contribution is 5.33. The molecule has 8 unspecified atom stereocenters. The molecule has 0 spiro atoms. The van der Waals surface area contributed by atoms with Crippen molar-refractivity contribution in [3.8, 4) is 23.0 Å². The molecule has 0 aliphatic rings. The minimum absolute atomic E-state index is 0.212. The maximum absolute atomic E-state index is 5.86. The Kier molecular flexibility index (Phi) is 39.8. The second kappa shape index (κ2) is 47.8. The SMILES string of the molecule is CCC(C)c1ccc(OC(C)OCCCCc2ccc(C(C)C)cc2)cc1.CCC(C)c1ccc(OC(C)OCCCCc2ccc(C)cc2)cc1.CCC(C)c1ccc(OC(C)OCCCCc2ccccc2)cc1.CCc1ccc(COC(C)Oc2ccc(C(C)CC)cc2)cc1. The van der Waals surface area contributed by atoms with Gasteiger partial charge < -0.3 is 37.9 Å². The van der Waals surface area contributed by atoms with Crippen molar-refractivity contribution >= 4 is 0 Å². The molecule has 8 atom stereocenters. The monoisotopic (exact) mass is 1350 g/mol. The third-order valence-corrected chi connectivity index (χ3v) is 18.6. The van der Waals surface area contributed by atoms with Crippen LogP contribution in [0.4, 0.5) is 0 Å². The molecule has 8 aromatic carbocycles. The first-order valence-corrected chi connectivity index (χ1v) is 37.7. The van der Waals surface area contributed by atoms with E-state index in [4.69, 9.17) is 37.9 Å². The number of benzene rings is 8. The highest BCUT2D eigenvalue weighted by Crippen LogP contribution is 2.27. The fraction of sp³-hybridized carbons (Fsp3) is 0.473. The van der Waals surface area contributed by atoms with Gasteiger partial charge >= 0.3 is 0 Å². The number of ether oxygens (including phenoxy) is 8. The summed E-state index contributed by atoms with van der Waals surface area (Å²) < 4.78 is 46.5. The van der Waals surface area contributed by atoms with Crippen LogP contribution in [-0.2, 0) is 51.2 Å². The first-order valence-electron chi connectivity index (χ1n) is 37.7. The van der Waals surface area contributed by atoms with E-state index in [-0.39, 0.29) is 25.2 Å². The smallest absolute Gasteiger partial charge is 0.197 e. The maximum Gasteiger partial charge on any atom is 0.197 e. The van der Waals surface area contributed by atoms with Gasteiger partial charge in [0.2, 0.25) is 0 Å². The van der Waals surface area contributed by atoms with Crippen LogP contribution in [0.2, 0.25) is 0 Å². The Bertz CT molecular complexity index is 3270. The lowest BCUT2D eigenvalue weighted by atomic mass is 9.99. The number of aryl methyl sites for hydroxylation is 5. The van der Waals surface area contributed by atoms with E-state index in [2.05, 4.69) is 235 Å². The number of rotatable bonds is 39. The summed E-state index contributed by atoms with van der Waals surface area (Å²) in [7, 11) is 0. The van der Waals surface area contributed by atoms with Gasteiger partial charge in [0.15, 0.2) is 25.2 Å². The quantitative estimate of drug-likeness (QED) is 0.0279. The van der Waals surface area contributed by atoms with Crippen LogP contribution in [0.1, 0.15) is 259 Å². The molecule has 538 valence electrons. The highest BCUT2D eigenvalue weighted by atomic mass is 16.7. The van der Waals surface area contributed by atoms with Crippen molar-refractivity contribution in [1.29, 1.82) is 0 Å². The summed E-state index contributed by atoms with van der Waals surface area (Å²) in [6, 6.07) is 70.4. The van der Waals surface area contributed by atoms with Crippen molar-refractivity contribution < 1.29 is 37.9 Å². The van der Waals surface area contributed by atoms with Crippen LogP contribution < -0.4 is 18.9 Å². The Hall–Kier alpha value is -7.20. The summed E-state index contributed by atoms with van der Waals surface area (Å²) >= 11 is 0. The van der Waals surface area contributed by atoms with Crippen molar-refractivity contribution in [2.24, 2.45) is 0 Å². The average Bonchev–Trinajstić information content (AvgIpc) is 1.04. The molecule has 0 radical (unpaired) electrons. The second-order valence-electron chi connectivity index (χ2n) is 27.1. The Morgan fingerprint density at radius 1 is 0.263 bits per heavy atom. The van der Waals surface area contributed by atoms with Gasteiger partial charge in [0.05, 0.1) is 26.4 Å². The molecule has 8 aromatic rings. The highest BCUT2D eigenvalue weighted by Gasteiger charge is 2.12. The van der Waals surface area contributed by atoms with E-state index < -0.39 is 0 Å². The molecule has 0 aromatic heterocycles. The Labute approximate surface area is 600 Å². The molecule has 0 aliphatic heterocycles. The fourth-order valence-corrected chi connectivity index (χ4v) is 10.9. The molecule has 8 heteroatoms. The molecule has 0 N–H and O–H groups in total. The van der Waals surface area contributed by atoms with Crippen molar-refractivity contribution in [1.82, 2.24) is 0 Å². The van der Waals surface area contributed by atoms with E-state index in [0.29, 0.717) is 36.2 Å². The van der Waals surface area contributed by atoms with Crippen LogP contribution in [0, 0.1) is 6.92 Å². The molecule has 0 aliphatic carbocycles. The van der Waals surface area contributed by atoms with Gasteiger partial charge in [0.1, 0.15) is 23.0 Å². The summed E-state index contributed by atoms with van der Waals surface area (Å²) in [6.45, 7) is 37.2. The van der Waals surface area contributed by atoms with E-state index in [1.54, 1.807) is 0 Å². The molecule has 0 heterocycles. The minimum atomic E-state index is -0.268. The normalized spacial score (nSPS) is 13.5. The largest absolute Gasteiger partial charge is 0.465 e. The average molecular weight is 1350 g/mol. The van der Waals surface area contributed by atoms with Crippen molar-refractivity contribution in [3.05, 3.63) is 261 Å². The van der Waals surface area contributed by atoms with Gasteiger partial charge in [-0.25, -0.2) is 0 Å². The number of hydrogen-bond acceptors (Lipinski definition) is 8. The summed E-state index contributed by atoms with van der Waals surface area (Å²) in [5.41, 5.74) is 14.9. The van der Waals surface area contributed by atoms with Gasteiger partial charge in [0.25, 0.3) is 0 Å². The molecule has 0 fully saturated rings. The minimum Gasteiger partial charge on any atom is -0.465 e. The van der Waals surface area contributed by atoms with E-state index >= 15 is 0 Å². The lowest BCUT2D eigenvalue weighted by molar-refractivity contribution is -0.0759. The lowest BCUT2D eigenvalue weighted by Gasteiger charge is -2.16. The van der Waals surface area contributed by atoms with E-state index in [9.17, 15) is 0 Å². The molecule has 0 saturated carbocycles. The number of hydrogen-bond donors (Lipinski definition) is 0. The summed E-state index contributed by atoms with van der Waals surface area (Å²) in [5, 5.41) is 0. The van der Waals surface area contributed by atoms with Crippen LogP contribution >= 0.6 is 0 Å². The van der Waals surface area contributed by atoms with Gasteiger partial charge in [-0.05, 0) is 258 Å². The summed E-state index contributed by atoms with van der Waals surface area (Å²) in [5.74, 6) is 6.44. The van der Waals surface area contributed by atoms with Crippen LogP contribution in [0.25, 0.3) is 0 Å². The maximum atomic E-state index is 5.86. The van der Waals surface area contributed by atoms with Gasteiger partial charge in [-0.2, -0.15) is 0 Å². The predicted octanol–water partition coefficient (Wildman–Crippen LogP) is 25.0. The predicted molar refractivity (Wildman–Crippen MR) is 416 cm³/mol. The van der Waals surface area contributed by atoms with Crippen molar-refractivity contribution in [3.63, 3.8) is 0 Å². The standard InChI is InChI=1S/C25H36O2.C23H32O2.C22H30O2.C21H28O2/c1-6-20(4)24-14-16-25(17-15-24)27-21(5)26-18-8-7-9-22-10-12-23(13-11-22)19(2)3;1-5-19(3)22-13-15-23(16-14-22)25-20(4)24-17-7-6-8-21-11-9-18(2)10-12-21;1-4-18(2)21-13-15-22(16-14-21)24-19(3)23-17-9-8-12-20-10-6-5-7-11-20;1-5-16(3)20-11-13-21(14-12-20)23-17(4)22-15-19-9-7-18(6-2)8-10-19/h10-17,19-21H,6-9,18H2,1-5H3;9-16,19-20H,5-8,17H2,1-4H3;5-7,10-11,13-16,18-19H,4,8-9,12,17H2,1-3H3;7-14,16-17H,5-6,15H2,1-4H3. The third kappa shape index (κ3) is 33.7. The van der Waals surface area contributed by atoms with Gasteiger partial charge in [-0.1, -0.05) is 233 Å².